The van der Waals surface area contributed by atoms with Crippen LogP contribution in [0.5, 0.6) is 0 Å². The molecule has 0 aromatic carbocycles. The van der Waals surface area contributed by atoms with Gasteiger partial charge in [0.1, 0.15) is 4.90 Å². The zero-order chi connectivity index (χ0) is 13.3. The molecule has 1 aliphatic heterocycles. The third kappa shape index (κ3) is 2.57. The number of nitrogens with zero attached hydrogens (tertiary/aromatic N) is 3. The van der Waals surface area contributed by atoms with Gasteiger partial charge >= 0.3 is 0 Å². The molecule has 2 rings (SSSR count). The van der Waals surface area contributed by atoms with E-state index in [-0.39, 0.29) is 16.9 Å². The van der Waals surface area contributed by atoms with Crippen molar-refractivity contribution in [2.75, 3.05) is 13.1 Å². The first-order valence-corrected chi connectivity index (χ1v) is 7.59. The highest BCUT2D eigenvalue weighted by atomic mass is 32.2. The molecule has 0 spiro atoms. The Morgan fingerprint density at radius 2 is 2.28 bits per heavy atom. The highest BCUT2D eigenvalue weighted by Crippen LogP contribution is 2.24. The second-order valence-electron chi connectivity index (χ2n) is 4.97. The topological polar surface area (TPSA) is 81.2 Å². The third-order valence-electron chi connectivity index (χ3n) is 3.48. The van der Waals surface area contributed by atoms with Gasteiger partial charge in [-0.25, -0.2) is 8.42 Å². The molecule has 7 heteroatoms. The summed E-state index contributed by atoms with van der Waals surface area (Å²) in [6.07, 6.45) is 4.79. The van der Waals surface area contributed by atoms with Gasteiger partial charge in [0.05, 0.1) is 6.20 Å². The van der Waals surface area contributed by atoms with E-state index >= 15 is 0 Å². The molecule has 2 heterocycles. The lowest BCUT2D eigenvalue weighted by atomic mass is 9.93. The number of hydrogen-bond donors (Lipinski definition) is 1. The molecule has 1 saturated heterocycles. The second kappa shape index (κ2) is 4.99. The van der Waals surface area contributed by atoms with Crippen molar-refractivity contribution in [3.63, 3.8) is 0 Å². The minimum absolute atomic E-state index is 0.0249. The number of nitrogens with two attached hydrogens (primary N) is 1. The molecule has 0 amide bonds. The SMILES string of the molecule is C[C@H](N)[C@H]1CCCN(S(=O)(=O)c2cnn(C)c2)C1. The van der Waals surface area contributed by atoms with Gasteiger partial charge in [0.15, 0.2) is 0 Å². The van der Waals surface area contributed by atoms with Crippen LogP contribution >= 0.6 is 0 Å². The highest BCUT2D eigenvalue weighted by Gasteiger charge is 2.32. The number of rotatable bonds is 3. The molecule has 2 atom stereocenters. The van der Waals surface area contributed by atoms with E-state index in [1.165, 1.54) is 21.4 Å². The number of sulfonamides is 1. The van der Waals surface area contributed by atoms with Crippen LogP contribution in [0.15, 0.2) is 17.3 Å². The molecule has 0 aliphatic carbocycles. The summed E-state index contributed by atoms with van der Waals surface area (Å²) in [7, 11) is -1.70. The molecular formula is C11H20N4O2S. The molecule has 0 unspecified atom stereocenters. The zero-order valence-electron chi connectivity index (χ0n) is 10.8. The van der Waals surface area contributed by atoms with Gasteiger partial charge in [-0.05, 0) is 25.7 Å². The molecule has 0 bridgehead atoms. The van der Waals surface area contributed by atoms with Crippen LogP contribution in [0.4, 0.5) is 0 Å². The summed E-state index contributed by atoms with van der Waals surface area (Å²) in [4.78, 5) is 0.260. The molecule has 102 valence electrons. The fraction of sp³-hybridized carbons (Fsp3) is 0.727. The lowest BCUT2D eigenvalue weighted by Crippen LogP contribution is -2.44. The van der Waals surface area contributed by atoms with Crippen LogP contribution in [-0.4, -0.2) is 41.6 Å². The first-order valence-electron chi connectivity index (χ1n) is 6.15. The standard InChI is InChI=1S/C11H20N4O2S/c1-9(12)10-4-3-5-15(7-10)18(16,17)11-6-13-14(2)8-11/h6,8-10H,3-5,7,12H2,1-2H3/t9-,10-/m0/s1. The largest absolute Gasteiger partial charge is 0.328 e. The Balaban J connectivity index is 2.20. The van der Waals surface area contributed by atoms with Crippen molar-refractivity contribution in [1.82, 2.24) is 14.1 Å². The second-order valence-corrected chi connectivity index (χ2v) is 6.91. The maximum Gasteiger partial charge on any atom is 0.246 e. The van der Waals surface area contributed by atoms with Gasteiger partial charge in [0.2, 0.25) is 10.0 Å². The lowest BCUT2D eigenvalue weighted by Gasteiger charge is -2.33. The molecule has 1 fully saturated rings. The smallest absolute Gasteiger partial charge is 0.246 e. The predicted molar refractivity (Wildman–Crippen MR) is 68.3 cm³/mol. The minimum atomic E-state index is -3.41. The molecule has 0 saturated carbocycles. The Bertz CT molecular complexity index is 509. The van der Waals surface area contributed by atoms with Gasteiger partial charge in [0.25, 0.3) is 0 Å². The summed E-state index contributed by atoms with van der Waals surface area (Å²) < 4.78 is 27.8. The van der Waals surface area contributed by atoms with Gasteiger partial charge in [0, 0.05) is 32.4 Å². The van der Waals surface area contributed by atoms with Crippen molar-refractivity contribution >= 4 is 10.0 Å². The summed E-state index contributed by atoms with van der Waals surface area (Å²) in [6.45, 7) is 3.01. The predicted octanol–water partition coefficient (Wildman–Crippen LogP) is 0.168. The average molecular weight is 272 g/mol. The van der Waals surface area contributed by atoms with E-state index in [4.69, 9.17) is 5.73 Å². The zero-order valence-corrected chi connectivity index (χ0v) is 11.6. The number of piperidine rings is 1. The summed E-state index contributed by atoms with van der Waals surface area (Å²) in [6, 6.07) is 0.0249. The Kier molecular flexibility index (Phi) is 3.74. The normalized spacial score (nSPS) is 24.1. The van der Waals surface area contributed by atoms with Crippen molar-refractivity contribution in [2.45, 2.75) is 30.7 Å². The van der Waals surface area contributed by atoms with Crippen LogP contribution in [0.2, 0.25) is 0 Å². The van der Waals surface area contributed by atoms with Gasteiger partial charge < -0.3 is 5.73 Å². The van der Waals surface area contributed by atoms with Crippen molar-refractivity contribution in [3.05, 3.63) is 12.4 Å². The maximum absolute atomic E-state index is 12.4. The van der Waals surface area contributed by atoms with Crippen LogP contribution in [0, 0.1) is 5.92 Å². The molecular weight excluding hydrogens is 252 g/mol. The summed E-state index contributed by atoms with van der Waals surface area (Å²) >= 11 is 0. The van der Waals surface area contributed by atoms with E-state index in [0.29, 0.717) is 13.1 Å². The van der Waals surface area contributed by atoms with Crippen LogP contribution in [-0.2, 0) is 17.1 Å². The lowest BCUT2D eigenvalue weighted by molar-refractivity contribution is 0.243. The van der Waals surface area contributed by atoms with E-state index in [2.05, 4.69) is 5.10 Å². The third-order valence-corrected chi connectivity index (χ3v) is 5.30. The van der Waals surface area contributed by atoms with Gasteiger partial charge in [-0.1, -0.05) is 0 Å². The number of aryl methyl sites for hydroxylation is 1. The van der Waals surface area contributed by atoms with E-state index in [1.807, 2.05) is 6.92 Å². The molecule has 1 aliphatic rings. The number of aromatic nitrogens is 2. The van der Waals surface area contributed by atoms with Crippen LogP contribution in [0.3, 0.4) is 0 Å². The van der Waals surface area contributed by atoms with Gasteiger partial charge in [-0.3, -0.25) is 4.68 Å². The highest BCUT2D eigenvalue weighted by molar-refractivity contribution is 7.89. The average Bonchev–Trinajstić information content (AvgIpc) is 2.77. The van der Waals surface area contributed by atoms with E-state index in [1.54, 1.807) is 7.05 Å². The molecule has 18 heavy (non-hydrogen) atoms. The van der Waals surface area contributed by atoms with Gasteiger partial charge in [-0.15, -0.1) is 0 Å². The number of hydrogen-bond acceptors (Lipinski definition) is 4. The fourth-order valence-electron chi connectivity index (χ4n) is 2.30. The van der Waals surface area contributed by atoms with E-state index in [0.717, 1.165) is 12.8 Å². The Morgan fingerprint density at radius 3 is 2.83 bits per heavy atom. The first-order chi connectivity index (χ1) is 8.41. The van der Waals surface area contributed by atoms with Crippen molar-refractivity contribution < 1.29 is 8.42 Å². The van der Waals surface area contributed by atoms with Gasteiger partial charge in [-0.2, -0.15) is 9.40 Å². The van der Waals surface area contributed by atoms with E-state index in [9.17, 15) is 8.42 Å². The molecule has 1 aromatic rings. The quantitative estimate of drug-likeness (QED) is 0.850. The maximum atomic E-state index is 12.4. The van der Waals surface area contributed by atoms with Crippen molar-refractivity contribution in [3.8, 4) is 0 Å². The summed E-state index contributed by atoms with van der Waals surface area (Å²) in [5, 5.41) is 3.92. The molecule has 2 N–H and O–H groups in total. The fourth-order valence-corrected chi connectivity index (χ4v) is 3.82. The van der Waals surface area contributed by atoms with Crippen LogP contribution in [0.25, 0.3) is 0 Å². The Morgan fingerprint density at radius 1 is 1.56 bits per heavy atom. The molecule has 0 radical (unpaired) electrons. The molecule has 1 aromatic heterocycles. The summed E-state index contributed by atoms with van der Waals surface area (Å²) in [5.74, 6) is 0.241. The Hall–Kier alpha value is -0.920. The minimum Gasteiger partial charge on any atom is -0.328 e. The Labute approximate surface area is 108 Å². The van der Waals surface area contributed by atoms with Crippen molar-refractivity contribution in [2.24, 2.45) is 18.7 Å². The van der Waals surface area contributed by atoms with E-state index < -0.39 is 10.0 Å². The first kappa shape index (κ1) is 13.5. The monoisotopic (exact) mass is 272 g/mol. The molecule has 6 nitrogen and oxygen atoms in total. The van der Waals surface area contributed by atoms with Crippen LogP contribution in [0.1, 0.15) is 19.8 Å². The summed E-state index contributed by atoms with van der Waals surface area (Å²) in [5.41, 5.74) is 5.88. The van der Waals surface area contributed by atoms with Crippen molar-refractivity contribution in [1.29, 1.82) is 0 Å². The van der Waals surface area contributed by atoms with Crippen LogP contribution < -0.4 is 5.73 Å².